The molecule has 0 unspecified atom stereocenters. The Labute approximate surface area is 224 Å². The van der Waals surface area contributed by atoms with E-state index in [9.17, 15) is 22.8 Å². The van der Waals surface area contributed by atoms with Gasteiger partial charge in [-0.05, 0) is 84.6 Å². The summed E-state index contributed by atoms with van der Waals surface area (Å²) in [5, 5.41) is 0. The van der Waals surface area contributed by atoms with E-state index in [-0.39, 0.29) is 31.6 Å². The normalized spacial score (nSPS) is 11.4. The van der Waals surface area contributed by atoms with Crippen LogP contribution in [0.3, 0.4) is 0 Å². The molecule has 0 aromatic heterocycles. The molecule has 39 heavy (non-hydrogen) atoms. The number of nitrogens with two attached hydrogens (primary N) is 2. The summed E-state index contributed by atoms with van der Waals surface area (Å²) in [7, 11) is 0. The summed E-state index contributed by atoms with van der Waals surface area (Å²) in [5.41, 5.74) is 14.6. The van der Waals surface area contributed by atoms with Crippen LogP contribution < -0.4 is 20.9 Å². The smallest absolute Gasteiger partial charge is 0.389 e. The summed E-state index contributed by atoms with van der Waals surface area (Å²) in [4.78, 5) is 24.4. The molecular weight excluding hydrogens is 513 g/mol. The van der Waals surface area contributed by atoms with E-state index in [2.05, 4.69) is 0 Å². The number of anilines is 2. The van der Waals surface area contributed by atoms with Crippen LogP contribution >= 0.6 is 0 Å². The van der Waals surface area contributed by atoms with Gasteiger partial charge in [0.2, 0.25) is 0 Å². The van der Waals surface area contributed by atoms with Crippen LogP contribution in [0.1, 0.15) is 40.7 Å². The van der Waals surface area contributed by atoms with Crippen LogP contribution in [0.15, 0.2) is 72.8 Å². The van der Waals surface area contributed by atoms with Gasteiger partial charge in [0, 0.05) is 30.3 Å². The summed E-state index contributed by atoms with van der Waals surface area (Å²) in [6.45, 7) is 0.303. The van der Waals surface area contributed by atoms with E-state index >= 15 is 0 Å². The maximum Gasteiger partial charge on any atom is 0.389 e. The highest BCUT2D eigenvalue weighted by Crippen LogP contribution is 2.23. The molecule has 0 bridgehead atoms. The third-order valence-electron chi connectivity index (χ3n) is 5.50. The van der Waals surface area contributed by atoms with Crippen molar-refractivity contribution in [3.8, 4) is 11.5 Å². The van der Waals surface area contributed by atoms with Crippen LogP contribution in [0.4, 0.5) is 24.5 Å². The summed E-state index contributed by atoms with van der Waals surface area (Å²) >= 11 is 0. The second kappa shape index (κ2) is 13.9. The Hall–Kier alpha value is -4.47. The number of alkyl halides is 3. The molecule has 0 fully saturated rings. The molecule has 0 aliphatic carbocycles. The van der Waals surface area contributed by atoms with Gasteiger partial charge in [-0.1, -0.05) is 12.1 Å². The van der Waals surface area contributed by atoms with Crippen molar-refractivity contribution >= 4 is 29.4 Å². The second-order valence-electron chi connectivity index (χ2n) is 8.61. The number of nitrogen functional groups attached to an aromatic ring is 2. The van der Waals surface area contributed by atoms with Crippen LogP contribution in [-0.4, -0.2) is 31.3 Å². The van der Waals surface area contributed by atoms with E-state index in [1.54, 1.807) is 60.7 Å². The number of unbranched alkanes of at least 4 members (excludes halogenated alkanes) is 1. The second-order valence-corrected chi connectivity index (χ2v) is 8.61. The molecule has 0 amide bonds. The lowest BCUT2D eigenvalue weighted by Gasteiger charge is -2.09. The monoisotopic (exact) mass is 542 g/mol. The SMILES string of the molecule is Nc1ccc(N)c(CCOC(=O)/C=C/c2ccc(OC(=O)c3ccc(OCCCCC(F)(F)F)cc3)cc2)c1. The molecule has 3 aromatic rings. The van der Waals surface area contributed by atoms with Gasteiger partial charge in [-0.2, -0.15) is 13.2 Å². The van der Waals surface area contributed by atoms with Crippen LogP contribution in [0.5, 0.6) is 11.5 Å². The number of hydrogen-bond acceptors (Lipinski definition) is 7. The number of carbonyl (C=O) groups is 2. The molecule has 0 saturated heterocycles. The lowest BCUT2D eigenvalue weighted by Crippen LogP contribution is -2.09. The number of ether oxygens (including phenoxy) is 3. The van der Waals surface area contributed by atoms with Crippen molar-refractivity contribution in [2.75, 3.05) is 24.7 Å². The van der Waals surface area contributed by atoms with E-state index < -0.39 is 24.5 Å². The van der Waals surface area contributed by atoms with Crippen molar-refractivity contribution in [1.82, 2.24) is 0 Å². The molecule has 206 valence electrons. The zero-order valence-electron chi connectivity index (χ0n) is 21.1. The highest BCUT2D eigenvalue weighted by molar-refractivity contribution is 5.91. The Morgan fingerprint density at radius 3 is 2.23 bits per heavy atom. The Morgan fingerprint density at radius 2 is 1.54 bits per heavy atom. The first-order chi connectivity index (χ1) is 18.6. The van der Waals surface area contributed by atoms with Gasteiger partial charge in [-0.15, -0.1) is 0 Å². The first kappa shape index (κ1) is 29.1. The van der Waals surface area contributed by atoms with Gasteiger partial charge in [-0.25, -0.2) is 9.59 Å². The summed E-state index contributed by atoms with van der Waals surface area (Å²) in [6, 6.07) is 17.8. The molecular formula is C29H29F3N2O5. The fraction of sp³-hybridized carbons (Fsp3) is 0.241. The third-order valence-corrected chi connectivity index (χ3v) is 5.50. The lowest BCUT2D eigenvalue weighted by atomic mass is 10.1. The van der Waals surface area contributed by atoms with E-state index in [4.69, 9.17) is 25.7 Å². The van der Waals surface area contributed by atoms with E-state index in [0.717, 1.165) is 5.56 Å². The Kier molecular flexibility index (Phi) is 10.4. The molecule has 7 nitrogen and oxygen atoms in total. The van der Waals surface area contributed by atoms with Gasteiger partial charge in [0.25, 0.3) is 0 Å². The Balaban J connectivity index is 1.40. The van der Waals surface area contributed by atoms with Crippen molar-refractivity contribution in [2.24, 2.45) is 0 Å². The molecule has 0 saturated carbocycles. The number of halogens is 3. The van der Waals surface area contributed by atoms with Gasteiger partial charge < -0.3 is 25.7 Å². The van der Waals surface area contributed by atoms with Crippen LogP contribution in [0.2, 0.25) is 0 Å². The van der Waals surface area contributed by atoms with Crippen LogP contribution in [0.25, 0.3) is 6.08 Å². The molecule has 10 heteroatoms. The Bertz CT molecular complexity index is 1270. The van der Waals surface area contributed by atoms with Crippen molar-refractivity contribution in [1.29, 1.82) is 0 Å². The van der Waals surface area contributed by atoms with Crippen LogP contribution in [0, 0.1) is 0 Å². The number of hydrogen-bond donors (Lipinski definition) is 2. The number of benzene rings is 3. The largest absolute Gasteiger partial charge is 0.494 e. The number of rotatable bonds is 12. The van der Waals surface area contributed by atoms with Gasteiger partial charge in [0.15, 0.2) is 0 Å². The van der Waals surface area contributed by atoms with Crippen molar-refractivity contribution in [3.63, 3.8) is 0 Å². The minimum atomic E-state index is -4.16. The fourth-order valence-corrected chi connectivity index (χ4v) is 3.43. The molecule has 0 aliphatic rings. The summed E-state index contributed by atoms with van der Waals surface area (Å²) in [6.07, 6.45) is -1.43. The molecule has 0 heterocycles. The molecule has 4 N–H and O–H groups in total. The zero-order chi connectivity index (χ0) is 28.3. The molecule has 0 atom stereocenters. The van der Waals surface area contributed by atoms with Crippen molar-refractivity contribution in [2.45, 2.75) is 31.9 Å². The van der Waals surface area contributed by atoms with Gasteiger partial charge in [0.1, 0.15) is 11.5 Å². The average molecular weight is 543 g/mol. The molecule has 3 rings (SSSR count). The maximum atomic E-state index is 12.4. The number of esters is 2. The topological polar surface area (TPSA) is 114 Å². The average Bonchev–Trinajstić information content (AvgIpc) is 2.90. The lowest BCUT2D eigenvalue weighted by molar-refractivity contribution is -0.138. The van der Waals surface area contributed by atoms with Crippen molar-refractivity contribution < 1.29 is 37.0 Å². The van der Waals surface area contributed by atoms with Crippen molar-refractivity contribution in [3.05, 3.63) is 89.5 Å². The van der Waals surface area contributed by atoms with Gasteiger partial charge in [-0.3, -0.25) is 0 Å². The predicted octanol–water partition coefficient (Wildman–Crippen LogP) is 5.98. The van der Waals surface area contributed by atoms with E-state index in [1.807, 2.05) is 0 Å². The molecule has 0 aliphatic heterocycles. The molecule has 0 spiro atoms. The van der Waals surface area contributed by atoms with Gasteiger partial charge >= 0.3 is 18.1 Å². The quantitative estimate of drug-likeness (QED) is 0.0951. The first-order valence-corrected chi connectivity index (χ1v) is 12.2. The first-order valence-electron chi connectivity index (χ1n) is 12.2. The minimum Gasteiger partial charge on any atom is -0.494 e. The minimum absolute atomic E-state index is 0.00643. The Morgan fingerprint density at radius 1 is 0.846 bits per heavy atom. The van der Waals surface area contributed by atoms with Crippen LogP contribution in [-0.2, 0) is 16.0 Å². The van der Waals surface area contributed by atoms with E-state index in [0.29, 0.717) is 34.9 Å². The fourth-order valence-electron chi connectivity index (χ4n) is 3.43. The van der Waals surface area contributed by atoms with Gasteiger partial charge in [0.05, 0.1) is 18.8 Å². The standard InChI is InChI=1S/C29H29F3N2O5/c30-29(31,32)16-1-2-17-37-24-11-6-21(7-12-24)28(36)39-25-9-3-20(4-10-25)5-14-27(35)38-18-15-22-19-23(33)8-13-26(22)34/h3-14,19H,1-2,15-18,33-34H2/b14-5+. The highest BCUT2D eigenvalue weighted by Gasteiger charge is 2.25. The highest BCUT2D eigenvalue weighted by atomic mass is 19.4. The predicted molar refractivity (Wildman–Crippen MR) is 142 cm³/mol. The number of carbonyl (C=O) groups excluding carboxylic acids is 2. The molecule has 0 radical (unpaired) electrons. The third kappa shape index (κ3) is 10.4. The summed E-state index contributed by atoms with van der Waals surface area (Å²) in [5.74, 6) is -0.340. The summed E-state index contributed by atoms with van der Waals surface area (Å²) < 4.78 is 52.4. The zero-order valence-corrected chi connectivity index (χ0v) is 21.1. The maximum absolute atomic E-state index is 12.4. The van der Waals surface area contributed by atoms with E-state index in [1.165, 1.54) is 18.2 Å². The molecule has 3 aromatic carbocycles.